The van der Waals surface area contributed by atoms with Gasteiger partial charge >= 0.3 is 5.97 Å². The van der Waals surface area contributed by atoms with Gasteiger partial charge in [0.25, 0.3) is 5.91 Å². The molecule has 1 N–H and O–H groups in total. The zero-order chi connectivity index (χ0) is 16.3. The number of fused-ring (bicyclic) bond motifs is 1. The van der Waals surface area contributed by atoms with Crippen molar-refractivity contribution in [3.63, 3.8) is 0 Å². The van der Waals surface area contributed by atoms with Crippen LogP contribution < -0.4 is 5.32 Å². The summed E-state index contributed by atoms with van der Waals surface area (Å²) in [4.78, 5) is 37.9. The second kappa shape index (κ2) is 6.83. The Hall–Kier alpha value is -2.02. The maximum absolute atomic E-state index is 12.0. The SMILES string of the molecule is C[C@H](OC(=O)C[C@H]1Sc2ccccc2NC1=O)C(=O)N(C)C. The molecule has 0 aromatic heterocycles. The zero-order valence-corrected chi connectivity index (χ0v) is 13.5. The normalized spacial score (nSPS) is 18.0. The lowest BCUT2D eigenvalue weighted by atomic mass is 10.2. The molecule has 1 aromatic carbocycles. The molecule has 7 heteroatoms. The van der Waals surface area contributed by atoms with Gasteiger partial charge in [-0.05, 0) is 19.1 Å². The summed E-state index contributed by atoms with van der Waals surface area (Å²) in [5.41, 5.74) is 0.748. The molecule has 22 heavy (non-hydrogen) atoms. The van der Waals surface area contributed by atoms with Crippen molar-refractivity contribution >= 4 is 35.2 Å². The second-order valence-electron chi connectivity index (χ2n) is 5.16. The van der Waals surface area contributed by atoms with E-state index in [0.29, 0.717) is 0 Å². The topological polar surface area (TPSA) is 75.7 Å². The fraction of sp³-hybridized carbons (Fsp3) is 0.400. The van der Waals surface area contributed by atoms with Crippen LogP contribution in [0.4, 0.5) is 5.69 Å². The quantitative estimate of drug-likeness (QED) is 0.851. The number of amides is 2. The number of ether oxygens (including phenoxy) is 1. The molecule has 118 valence electrons. The molecule has 0 spiro atoms. The van der Waals surface area contributed by atoms with Gasteiger partial charge in [0.2, 0.25) is 5.91 Å². The van der Waals surface area contributed by atoms with Crippen LogP contribution in [0.3, 0.4) is 0 Å². The molecule has 1 aromatic rings. The number of esters is 1. The molecule has 0 radical (unpaired) electrons. The van der Waals surface area contributed by atoms with Crippen LogP contribution in [0.2, 0.25) is 0 Å². The lowest BCUT2D eigenvalue weighted by molar-refractivity contribution is -0.158. The minimum atomic E-state index is -0.855. The van der Waals surface area contributed by atoms with E-state index < -0.39 is 17.3 Å². The number of nitrogens with zero attached hydrogens (tertiary/aromatic N) is 1. The highest BCUT2D eigenvalue weighted by Crippen LogP contribution is 2.36. The van der Waals surface area contributed by atoms with Gasteiger partial charge < -0.3 is 15.0 Å². The van der Waals surface area contributed by atoms with Gasteiger partial charge in [-0.1, -0.05) is 12.1 Å². The van der Waals surface area contributed by atoms with E-state index in [1.807, 2.05) is 24.3 Å². The number of likely N-dealkylation sites (N-methyl/N-ethyl adjacent to an activating group) is 1. The van der Waals surface area contributed by atoms with Gasteiger partial charge in [-0.3, -0.25) is 14.4 Å². The van der Waals surface area contributed by atoms with Gasteiger partial charge in [0.1, 0.15) is 0 Å². The molecule has 2 amide bonds. The van der Waals surface area contributed by atoms with Crippen molar-refractivity contribution in [2.75, 3.05) is 19.4 Å². The molecule has 2 rings (SSSR count). The van der Waals surface area contributed by atoms with E-state index in [0.717, 1.165) is 10.6 Å². The number of carbonyl (C=O) groups is 3. The monoisotopic (exact) mass is 322 g/mol. The Labute approximate surface area is 133 Å². The Balaban J connectivity index is 1.95. The maximum Gasteiger partial charge on any atom is 0.308 e. The van der Waals surface area contributed by atoms with Gasteiger partial charge in [0.15, 0.2) is 6.10 Å². The second-order valence-corrected chi connectivity index (χ2v) is 6.41. The van der Waals surface area contributed by atoms with Crippen molar-refractivity contribution in [2.24, 2.45) is 0 Å². The summed E-state index contributed by atoms with van der Waals surface area (Å²) in [6, 6.07) is 7.40. The Morgan fingerprint density at radius 1 is 1.36 bits per heavy atom. The molecule has 1 heterocycles. The van der Waals surface area contributed by atoms with E-state index in [1.54, 1.807) is 14.1 Å². The van der Waals surface area contributed by atoms with Crippen molar-refractivity contribution in [1.82, 2.24) is 4.90 Å². The number of para-hydroxylation sites is 1. The van der Waals surface area contributed by atoms with E-state index in [9.17, 15) is 14.4 Å². The van der Waals surface area contributed by atoms with Crippen LogP contribution in [-0.4, -0.2) is 48.1 Å². The Morgan fingerprint density at radius 3 is 2.73 bits per heavy atom. The summed E-state index contributed by atoms with van der Waals surface area (Å²) in [6.45, 7) is 1.52. The first-order valence-corrected chi connectivity index (χ1v) is 7.73. The van der Waals surface area contributed by atoms with Crippen molar-refractivity contribution in [1.29, 1.82) is 0 Å². The molecule has 0 saturated carbocycles. The lowest BCUT2D eigenvalue weighted by Gasteiger charge is -2.24. The van der Waals surface area contributed by atoms with Crippen LogP contribution in [0, 0.1) is 0 Å². The first kappa shape index (κ1) is 16.4. The average molecular weight is 322 g/mol. The van der Waals surface area contributed by atoms with Crippen molar-refractivity contribution in [3.05, 3.63) is 24.3 Å². The van der Waals surface area contributed by atoms with Crippen LogP contribution in [0.15, 0.2) is 29.2 Å². The van der Waals surface area contributed by atoms with Gasteiger partial charge in [-0.15, -0.1) is 11.8 Å². The predicted octanol–water partition coefficient (Wildman–Crippen LogP) is 1.51. The van der Waals surface area contributed by atoms with Crippen molar-refractivity contribution in [3.8, 4) is 0 Å². The minimum absolute atomic E-state index is 0.0735. The van der Waals surface area contributed by atoms with Gasteiger partial charge in [0.05, 0.1) is 17.4 Å². The first-order chi connectivity index (χ1) is 10.4. The highest BCUT2D eigenvalue weighted by atomic mass is 32.2. The highest BCUT2D eigenvalue weighted by Gasteiger charge is 2.30. The van der Waals surface area contributed by atoms with Crippen LogP contribution in [-0.2, 0) is 19.1 Å². The van der Waals surface area contributed by atoms with E-state index in [4.69, 9.17) is 4.74 Å². The summed E-state index contributed by atoms with van der Waals surface area (Å²) in [7, 11) is 3.18. The van der Waals surface area contributed by atoms with Crippen LogP contribution in [0.5, 0.6) is 0 Å². The lowest BCUT2D eigenvalue weighted by Crippen LogP contribution is -2.37. The number of benzene rings is 1. The fourth-order valence-corrected chi connectivity index (χ4v) is 3.13. The number of anilines is 1. The van der Waals surface area contributed by atoms with E-state index in [-0.39, 0.29) is 18.2 Å². The highest BCUT2D eigenvalue weighted by molar-refractivity contribution is 8.01. The molecule has 1 aliphatic heterocycles. The zero-order valence-electron chi connectivity index (χ0n) is 12.7. The fourth-order valence-electron chi connectivity index (χ4n) is 2.04. The molecule has 0 aliphatic carbocycles. The molecule has 6 nitrogen and oxygen atoms in total. The summed E-state index contributed by atoms with van der Waals surface area (Å²) in [5.74, 6) is -1.08. The largest absolute Gasteiger partial charge is 0.452 e. The number of carbonyl (C=O) groups excluding carboxylic acids is 3. The molecular weight excluding hydrogens is 304 g/mol. The van der Waals surface area contributed by atoms with Crippen LogP contribution in [0.1, 0.15) is 13.3 Å². The number of hydrogen-bond donors (Lipinski definition) is 1. The Kier molecular flexibility index (Phi) is 5.07. The predicted molar refractivity (Wildman–Crippen MR) is 83.6 cm³/mol. The summed E-state index contributed by atoms with van der Waals surface area (Å²) in [6.07, 6.45) is -0.929. The summed E-state index contributed by atoms with van der Waals surface area (Å²) < 4.78 is 5.09. The molecule has 2 atom stereocenters. The molecule has 1 aliphatic rings. The smallest absolute Gasteiger partial charge is 0.308 e. The van der Waals surface area contributed by atoms with Gasteiger partial charge in [0, 0.05) is 19.0 Å². The Morgan fingerprint density at radius 2 is 2.05 bits per heavy atom. The molecule has 0 unspecified atom stereocenters. The van der Waals surface area contributed by atoms with E-state index >= 15 is 0 Å². The number of hydrogen-bond acceptors (Lipinski definition) is 5. The van der Waals surface area contributed by atoms with E-state index in [2.05, 4.69) is 5.32 Å². The third kappa shape index (κ3) is 3.79. The maximum atomic E-state index is 12.0. The van der Waals surface area contributed by atoms with Gasteiger partial charge in [-0.25, -0.2) is 0 Å². The third-order valence-corrected chi connectivity index (χ3v) is 4.43. The number of nitrogens with one attached hydrogen (secondary N) is 1. The summed E-state index contributed by atoms with van der Waals surface area (Å²) in [5, 5.41) is 2.22. The number of rotatable bonds is 4. The molecule has 0 fully saturated rings. The minimum Gasteiger partial charge on any atom is -0.452 e. The molecule has 0 bridgehead atoms. The number of thioether (sulfide) groups is 1. The Bertz CT molecular complexity index is 603. The first-order valence-electron chi connectivity index (χ1n) is 6.85. The van der Waals surface area contributed by atoms with Crippen molar-refractivity contribution < 1.29 is 19.1 Å². The van der Waals surface area contributed by atoms with Crippen LogP contribution in [0.25, 0.3) is 0 Å². The average Bonchev–Trinajstić information content (AvgIpc) is 2.46. The summed E-state index contributed by atoms with van der Waals surface area (Å²) >= 11 is 1.33. The standard InChI is InChI=1S/C15H18N2O4S/c1-9(15(20)17(2)3)21-13(18)8-12-14(19)16-10-6-4-5-7-11(10)22-12/h4-7,9,12H,8H2,1-3H3,(H,16,19)/t9-,12+/m0/s1. The molecular formula is C15H18N2O4S. The molecule has 0 saturated heterocycles. The van der Waals surface area contributed by atoms with Crippen molar-refractivity contribution in [2.45, 2.75) is 29.6 Å². The van der Waals surface area contributed by atoms with E-state index in [1.165, 1.54) is 23.6 Å². The van der Waals surface area contributed by atoms with Gasteiger partial charge in [-0.2, -0.15) is 0 Å². The third-order valence-electron chi connectivity index (χ3n) is 3.16. The van der Waals surface area contributed by atoms with Crippen LogP contribution >= 0.6 is 11.8 Å².